The SMILES string of the molecule is CCn1cc(C2CS(=O)(=O)CCN2C(=O)c2ccc(F)c(OC)c2)cn1. The zero-order valence-electron chi connectivity index (χ0n) is 14.6. The molecule has 0 aliphatic carbocycles. The maximum Gasteiger partial charge on any atom is 0.254 e. The summed E-state index contributed by atoms with van der Waals surface area (Å²) in [5.74, 6) is -1.23. The van der Waals surface area contributed by atoms with Gasteiger partial charge < -0.3 is 9.64 Å². The smallest absolute Gasteiger partial charge is 0.254 e. The molecule has 1 amide bonds. The Morgan fingerprint density at radius 2 is 2.19 bits per heavy atom. The second kappa shape index (κ2) is 7.06. The van der Waals surface area contributed by atoms with Crippen LogP contribution in [0.15, 0.2) is 30.6 Å². The van der Waals surface area contributed by atoms with Crippen molar-refractivity contribution in [2.24, 2.45) is 0 Å². The normalized spacial score (nSPS) is 19.3. The van der Waals surface area contributed by atoms with E-state index in [1.165, 1.54) is 24.1 Å². The highest BCUT2D eigenvalue weighted by atomic mass is 32.2. The van der Waals surface area contributed by atoms with Gasteiger partial charge in [-0.25, -0.2) is 12.8 Å². The highest BCUT2D eigenvalue weighted by Crippen LogP contribution is 2.29. The molecule has 1 unspecified atom stereocenters. The van der Waals surface area contributed by atoms with E-state index in [1.54, 1.807) is 17.1 Å². The molecule has 1 aromatic carbocycles. The Kier molecular flexibility index (Phi) is 4.99. The molecule has 1 aromatic heterocycles. The average molecular weight is 381 g/mol. The molecule has 1 atom stereocenters. The van der Waals surface area contributed by atoms with Crippen LogP contribution in [-0.2, 0) is 16.4 Å². The Morgan fingerprint density at radius 1 is 1.42 bits per heavy atom. The summed E-state index contributed by atoms with van der Waals surface area (Å²) >= 11 is 0. The first-order valence-corrected chi connectivity index (χ1v) is 10.0. The zero-order valence-corrected chi connectivity index (χ0v) is 15.4. The number of sulfone groups is 1. The maximum atomic E-state index is 13.6. The molecule has 2 heterocycles. The molecule has 1 aliphatic rings. The van der Waals surface area contributed by atoms with Gasteiger partial charge in [-0.05, 0) is 25.1 Å². The number of rotatable bonds is 4. The van der Waals surface area contributed by atoms with Crippen LogP contribution in [0.25, 0.3) is 0 Å². The first kappa shape index (κ1) is 18.4. The maximum absolute atomic E-state index is 13.6. The molecule has 140 valence electrons. The van der Waals surface area contributed by atoms with Crippen LogP contribution in [0.5, 0.6) is 5.75 Å². The van der Waals surface area contributed by atoms with Gasteiger partial charge in [0.25, 0.3) is 5.91 Å². The topological polar surface area (TPSA) is 81.5 Å². The molecule has 0 saturated carbocycles. The van der Waals surface area contributed by atoms with Crippen LogP contribution in [0, 0.1) is 5.82 Å². The molecular weight excluding hydrogens is 361 g/mol. The van der Waals surface area contributed by atoms with E-state index in [-0.39, 0.29) is 35.3 Å². The third-order valence-corrected chi connectivity index (χ3v) is 6.08. The summed E-state index contributed by atoms with van der Waals surface area (Å²) < 4.78 is 44.5. The first-order chi connectivity index (χ1) is 12.3. The highest BCUT2D eigenvalue weighted by Gasteiger charge is 2.36. The van der Waals surface area contributed by atoms with Crippen molar-refractivity contribution in [2.75, 3.05) is 25.2 Å². The largest absolute Gasteiger partial charge is 0.494 e. The van der Waals surface area contributed by atoms with Crippen molar-refractivity contribution in [3.05, 3.63) is 47.5 Å². The molecule has 1 saturated heterocycles. The van der Waals surface area contributed by atoms with Gasteiger partial charge in [-0.1, -0.05) is 0 Å². The molecule has 1 aliphatic heterocycles. The predicted octanol–water partition coefficient (Wildman–Crippen LogP) is 1.66. The minimum Gasteiger partial charge on any atom is -0.494 e. The van der Waals surface area contributed by atoms with E-state index in [4.69, 9.17) is 4.74 Å². The second-order valence-corrected chi connectivity index (χ2v) is 8.34. The van der Waals surface area contributed by atoms with Crippen molar-refractivity contribution in [1.82, 2.24) is 14.7 Å². The molecule has 0 spiro atoms. The van der Waals surface area contributed by atoms with Crippen LogP contribution >= 0.6 is 0 Å². The van der Waals surface area contributed by atoms with Crippen LogP contribution in [0.1, 0.15) is 28.9 Å². The van der Waals surface area contributed by atoms with Crippen molar-refractivity contribution in [1.29, 1.82) is 0 Å². The van der Waals surface area contributed by atoms with Gasteiger partial charge in [0.2, 0.25) is 0 Å². The van der Waals surface area contributed by atoms with Crippen LogP contribution in [0.3, 0.4) is 0 Å². The summed E-state index contributed by atoms with van der Waals surface area (Å²) in [6.45, 7) is 2.63. The van der Waals surface area contributed by atoms with Crippen LogP contribution in [0.2, 0.25) is 0 Å². The summed E-state index contributed by atoms with van der Waals surface area (Å²) in [6.07, 6.45) is 3.33. The molecule has 0 N–H and O–H groups in total. The van der Waals surface area contributed by atoms with Gasteiger partial charge in [-0.15, -0.1) is 0 Å². The van der Waals surface area contributed by atoms with Crippen LogP contribution in [0.4, 0.5) is 4.39 Å². The highest BCUT2D eigenvalue weighted by molar-refractivity contribution is 7.91. The standard InChI is InChI=1S/C17H20FN3O4S/c1-3-20-10-13(9-19-20)15-11-26(23,24)7-6-21(15)17(22)12-4-5-14(18)16(8-12)25-2/h4-5,8-10,15H,3,6-7,11H2,1-2H3. The Morgan fingerprint density at radius 3 is 2.85 bits per heavy atom. The number of aromatic nitrogens is 2. The first-order valence-electron chi connectivity index (χ1n) is 8.22. The number of nitrogens with zero attached hydrogens (tertiary/aromatic N) is 3. The Labute approximate surface area is 151 Å². The van der Waals surface area contributed by atoms with E-state index >= 15 is 0 Å². The number of carbonyl (C=O) groups excluding carboxylic acids is 1. The van der Waals surface area contributed by atoms with E-state index in [9.17, 15) is 17.6 Å². The summed E-state index contributed by atoms with van der Waals surface area (Å²) in [4.78, 5) is 14.5. The molecule has 0 bridgehead atoms. The predicted molar refractivity (Wildman–Crippen MR) is 93.3 cm³/mol. The number of carbonyl (C=O) groups is 1. The van der Waals surface area contributed by atoms with E-state index in [0.717, 1.165) is 6.07 Å². The monoisotopic (exact) mass is 381 g/mol. The number of benzene rings is 1. The number of ether oxygens (including phenoxy) is 1. The minimum atomic E-state index is -3.26. The molecule has 3 rings (SSSR count). The Hall–Kier alpha value is -2.42. The lowest BCUT2D eigenvalue weighted by Gasteiger charge is -2.35. The van der Waals surface area contributed by atoms with Gasteiger partial charge in [-0.3, -0.25) is 9.48 Å². The third-order valence-electron chi connectivity index (χ3n) is 4.45. The Bertz CT molecular complexity index is 926. The van der Waals surface area contributed by atoms with Gasteiger partial charge in [-0.2, -0.15) is 5.10 Å². The molecule has 26 heavy (non-hydrogen) atoms. The number of hydrogen-bond donors (Lipinski definition) is 0. The van der Waals surface area contributed by atoms with Gasteiger partial charge in [0.15, 0.2) is 21.4 Å². The molecule has 9 heteroatoms. The van der Waals surface area contributed by atoms with Crippen LogP contribution in [-0.4, -0.2) is 54.2 Å². The van der Waals surface area contributed by atoms with Gasteiger partial charge in [0.1, 0.15) is 0 Å². The average Bonchev–Trinajstić information content (AvgIpc) is 3.10. The summed E-state index contributed by atoms with van der Waals surface area (Å²) in [7, 11) is -1.94. The fraction of sp³-hybridized carbons (Fsp3) is 0.412. The fourth-order valence-corrected chi connectivity index (χ4v) is 4.50. The molecule has 1 fully saturated rings. The lowest BCUT2D eigenvalue weighted by molar-refractivity contribution is 0.0697. The van der Waals surface area contributed by atoms with Gasteiger partial charge in [0, 0.05) is 30.4 Å². The van der Waals surface area contributed by atoms with Crippen molar-refractivity contribution >= 4 is 15.7 Å². The van der Waals surface area contributed by atoms with Crippen molar-refractivity contribution in [3.63, 3.8) is 0 Å². The third kappa shape index (κ3) is 3.57. The Balaban J connectivity index is 1.96. The molecule has 7 nitrogen and oxygen atoms in total. The van der Waals surface area contributed by atoms with E-state index in [1.807, 2.05) is 6.92 Å². The lowest BCUT2D eigenvalue weighted by Crippen LogP contribution is -2.46. The number of aryl methyl sites for hydroxylation is 1. The summed E-state index contributed by atoms with van der Waals surface area (Å²) in [6, 6.07) is 3.23. The summed E-state index contributed by atoms with van der Waals surface area (Å²) in [5.41, 5.74) is 0.910. The van der Waals surface area contributed by atoms with E-state index in [2.05, 4.69) is 5.10 Å². The van der Waals surface area contributed by atoms with Gasteiger partial charge in [0.05, 0.1) is 30.9 Å². The number of halogens is 1. The van der Waals surface area contributed by atoms with Crippen molar-refractivity contribution < 1.29 is 22.3 Å². The molecule has 0 radical (unpaired) electrons. The number of hydrogen-bond acceptors (Lipinski definition) is 5. The van der Waals surface area contributed by atoms with Crippen molar-refractivity contribution in [2.45, 2.75) is 19.5 Å². The summed E-state index contributed by atoms with van der Waals surface area (Å²) in [5, 5.41) is 4.18. The number of methoxy groups -OCH3 is 1. The van der Waals surface area contributed by atoms with E-state index in [0.29, 0.717) is 12.1 Å². The van der Waals surface area contributed by atoms with Crippen LogP contribution < -0.4 is 4.74 Å². The minimum absolute atomic E-state index is 0.0316. The molecular formula is C17H20FN3O4S. The van der Waals surface area contributed by atoms with Gasteiger partial charge >= 0.3 is 0 Å². The molecule has 2 aromatic rings. The fourth-order valence-electron chi connectivity index (χ4n) is 3.01. The lowest BCUT2D eigenvalue weighted by atomic mass is 10.1. The number of amides is 1. The van der Waals surface area contributed by atoms with Crippen molar-refractivity contribution in [3.8, 4) is 5.75 Å². The zero-order chi connectivity index (χ0) is 18.9. The van der Waals surface area contributed by atoms with E-state index < -0.39 is 21.7 Å². The second-order valence-electron chi connectivity index (χ2n) is 6.11. The quantitative estimate of drug-likeness (QED) is 0.805.